The lowest BCUT2D eigenvalue weighted by atomic mass is 10.1. The number of hydrogen-bond donors (Lipinski definition) is 0. The third-order valence-corrected chi connectivity index (χ3v) is 3.25. The van der Waals surface area contributed by atoms with Gasteiger partial charge in [-0.1, -0.05) is 18.5 Å². The van der Waals surface area contributed by atoms with Gasteiger partial charge in [-0.15, -0.1) is 0 Å². The van der Waals surface area contributed by atoms with Crippen molar-refractivity contribution in [1.82, 2.24) is 9.97 Å². The van der Waals surface area contributed by atoms with E-state index in [1.54, 1.807) is 39.5 Å². The summed E-state index contributed by atoms with van der Waals surface area (Å²) in [6.45, 7) is 2.01. The van der Waals surface area contributed by atoms with Gasteiger partial charge in [-0.05, 0) is 18.6 Å². The Labute approximate surface area is 128 Å². The topological polar surface area (TPSA) is 53.5 Å². The van der Waals surface area contributed by atoms with Crippen molar-refractivity contribution >= 4 is 11.6 Å². The van der Waals surface area contributed by atoms with Gasteiger partial charge >= 0.3 is 0 Å². The van der Waals surface area contributed by atoms with Crippen LogP contribution in [0.5, 0.6) is 17.2 Å². The first-order valence-electron chi connectivity index (χ1n) is 6.46. The summed E-state index contributed by atoms with van der Waals surface area (Å²) in [7, 11) is 4.72. The lowest BCUT2D eigenvalue weighted by Gasteiger charge is -2.13. The Kier molecular flexibility index (Phi) is 4.85. The summed E-state index contributed by atoms with van der Waals surface area (Å²) in [5.41, 5.74) is 1.56. The molecule has 0 bridgehead atoms. The molecule has 0 aliphatic carbocycles. The van der Waals surface area contributed by atoms with Crippen molar-refractivity contribution < 1.29 is 14.2 Å². The van der Waals surface area contributed by atoms with Crippen molar-refractivity contribution in [2.75, 3.05) is 21.3 Å². The van der Waals surface area contributed by atoms with Gasteiger partial charge in [0.25, 0.3) is 0 Å². The number of rotatable bonds is 5. The Morgan fingerprint density at radius 3 is 2.10 bits per heavy atom. The third-order valence-electron chi connectivity index (χ3n) is 3.06. The Morgan fingerprint density at radius 1 is 0.905 bits per heavy atom. The monoisotopic (exact) mass is 308 g/mol. The maximum atomic E-state index is 6.06. The molecular weight excluding hydrogens is 292 g/mol. The van der Waals surface area contributed by atoms with Gasteiger partial charge in [0, 0.05) is 11.8 Å². The van der Waals surface area contributed by atoms with Gasteiger partial charge in [0.1, 0.15) is 10.9 Å². The quantitative estimate of drug-likeness (QED) is 0.793. The van der Waals surface area contributed by atoms with Crippen LogP contribution in [-0.4, -0.2) is 31.3 Å². The zero-order chi connectivity index (χ0) is 15.4. The smallest absolute Gasteiger partial charge is 0.164 e. The van der Waals surface area contributed by atoms with E-state index in [1.807, 2.05) is 6.92 Å². The number of aromatic nitrogens is 2. The Balaban J connectivity index is 2.64. The highest BCUT2D eigenvalue weighted by Crippen LogP contribution is 2.39. The molecule has 1 heterocycles. The molecule has 1 aromatic carbocycles. The molecule has 0 amide bonds. The first-order chi connectivity index (χ1) is 10.1. The molecule has 0 saturated carbocycles. The predicted octanol–water partition coefficient (Wildman–Crippen LogP) is 3.39. The number of halogens is 1. The Hall–Kier alpha value is -2.01. The summed E-state index contributed by atoms with van der Waals surface area (Å²) in [6, 6.07) is 5.27. The molecule has 1 aromatic heterocycles. The second-order valence-corrected chi connectivity index (χ2v) is 4.65. The van der Waals surface area contributed by atoms with Crippen molar-refractivity contribution in [3.8, 4) is 28.6 Å². The largest absolute Gasteiger partial charge is 0.496 e. The second kappa shape index (κ2) is 6.63. The van der Waals surface area contributed by atoms with E-state index in [9.17, 15) is 0 Å². The average molecular weight is 309 g/mol. The molecule has 0 aliphatic rings. The molecule has 0 spiro atoms. The van der Waals surface area contributed by atoms with E-state index in [-0.39, 0.29) is 0 Å². The Bertz CT molecular complexity index is 647. The van der Waals surface area contributed by atoms with Gasteiger partial charge < -0.3 is 14.2 Å². The summed E-state index contributed by atoms with van der Waals surface area (Å²) in [5.74, 6) is 2.25. The van der Waals surface area contributed by atoms with Crippen molar-refractivity contribution in [2.45, 2.75) is 13.3 Å². The predicted molar refractivity (Wildman–Crippen MR) is 81.5 cm³/mol. The van der Waals surface area contributed by atoms with Crippen LogP contribution in [0.4, 0.5) is 0 Å². The van der Waals surface area contributed by atoms with Crippen LogP contribution in [0.3, 0.4) is 0 Å². The number of nitrogens with zero attached hydrogens (tertiary/aromatic N) is 2. The molecule has 5 nitrogen and oxygen atoms in total. The van der Waals surface area contributed by atoms with Crippen LogP contribution in [0, 0.1) is 0 Å². The summed E-state index contributed by atoms with van der Waals surface area (Å²) < 4.78 is 16.0. The van der Waals surface area contributed by atoms with Gasteiger partial charge in [0.15, 0.2) is 17.3 Å². The number of methoxy groups -OCH3 is 3. The van der Waals surface area contributed by atoms with Crippen LogP contribution in [-0.2, 0) is 6.42 Å². The second-order valence-electron chi connectivity index (χ2n) is 4.27. The van der Waals surface area contributed by atoms with Crippen LogP contribution in [0.2, 0.25) is 5.15 Å². The van der Waals surface area contributed by atoms with Gasteiger partial charge in [0.05, 0.1) is 26.9 Å². The summed E-state index contributed by atoms with van der Waals surface area (Å²) in [5, 5.41) is 0.397. The highest BCUT2D eigenvalue weighted by atomic mass is 35.5. The average Bonchev–Trinajstić information content (AvgIpc) is 2.52. The van der Waals surface area contributed by atoms with Crippen molar-refractivity contribution in [3.63, 3.8) is 0 Å². The van der Waals surface area contributed by atoms with E-state index in [0.717, 1.165) is 12.1 Å². The molecule has 0 N–H and O–H groups in total. The van der Waals surface area contributed by atoms with E-state index >= 15 is 0 Å². The molecule has 0 saturated heterocycles. The molecule has 112 valence electrons. The minimum Gasteiger partial charge on any atom is -0.496 e. The fourth-order valence-corrected chi connectivity index (χ4v) is 2.18. The van der Waals surface area contributed by atoms with Gasteiger partial charge in [0.2, 0.25) is 0 Å². The number of benzene rings is 1. The lowest BCUT2D eigenvalue weighted by molar-refractivity contribution is 0.349. The lowest BCUT2D eigenvalue weighted by Crippen LogP contribution is -1.99. The van der Waals surface area contributed by atoms with Gasteiger partial charge in [-0.2, -0.15) is 0 Å². The third kappa shape index (κ3) is 3.19. The molecule has 6 heteroatoms. The van der Waals surface area contributed by atoms with Crippen molar-refractivity contribution in [3.05, 3.63) is 29.0 Å². The number of hydrogen-bond acceptors (Lipinski definition) is 5. The number of ether oxygens (including phenoxy) is 3. The van der Waals surface area contributed by atoms with Crippen molar-refractivity contribution in [2.24, 2.45) is 0 Å². The molecule has 0 radical (unpaired) electrons. The first kappa shape index (κ1) is 15.4. The molecule has 0 atom stereocenters. The SMILES string of the molecule is CCc1cc(Cl)nc(-c2cc(OC)c(OC)cc2OC)n1. The van der Waals surface area contributed by atoms with Crippen LogP contribution in [0.25, 0.3) is 11.4 Å². The van der Waals surface area contributed by atoms with Crippen molar-refractivity contribution in [1.29, 1.82) is 0 Å². The van der Waals surface area contributed by atoms with Gasteiger partial charge in [-0.25, -0.2) is 9.97 Å². The maximum absolute atomic E-state index is 6.06. The highest BCUT2D eigenvalue weighted by molar-refractivity contribution is 6.29. The van der Waals surface area contributed by atoms with Crippen LogP contribution < -0.4 is 14.2 Å². The summed E-state index contributed by atoms with van der Waals surface area (Å²) in [6.07, 6.45) is 0.769. The zero-order valence-corrected chi connectivity index (χ0v) is 13.2. The highest BCUT2D eigenvalue weighted by Gasteiger charge is 2.16. The molecular formula is C15H17ClN2O3. The molecule has 21 heavy (non-hydrogen) atoms. The molecule has 2 aromatic rings. The summed E-state index contributed by atoms with van der Waals surface area (Å²) in [4.78, 5) is 8.76. The van der Waals surface area contributed by atoms with E-state index in [0.29, 0.717) is 33.8 Å². The Morgan fingerprint density at radius 2 is 1.52 bits per heavy atom. The normalized spacial score (nSPS) is 10.3. The maximum Gasteiger partial charge on any atom is 0.164 e. The minimum atomic E-state index is 0.397. The van der Waals surface area contributed by atoms with E-state index in [4.69, 9.17) is 25.8 Å². The molecule has 2 rings (SSSR count). The fraction of sp³-hybridized carbons (Fsp3) is 0.333. The van der Waals surface area contributed by atoms with E-state index in [1.165, 1.54) is 0 Å². The first-order valence-corrected chi connectivity index (χ1v) is 6.84. The summed E-state index contributed by atoms with van der Waals surface area (Å²) >= 11 is 6.06. The van der Waals surface area contributed by atoms with Crippen LogP contribution in [0.15, 0.2) is 18.2 Å². The standard InChI is InChI=1S/C15H17ClN2O3/c1-5-9-6-14(16)18-15(17-9)10-7-12(20-3)13(21-4)8-11(10)19-2/h6-8H,5H2,1-4H3. The van der Waals surface area contributed by atoms with E-state index < -0.39 is 0 Å². The molecule has 0 aliphatic heterocycles. The molecule has 0 fully saturated rings. The fourth-order valence-electron chi connectivity index (χ4n) is 1.97. The van der Waals surface area contributed by atoms with Gasteiger partial charge in [-0.3, -0.25) is 0 Å². The van der Waals surface area contributed by atoms with Crippen LogP contribution in [0.1, 0.15) is 12.6 Å². The zero-order valence-electron chi connectivity index (χ0n) is 12.4. The minimum absolute atomic E-state index is 0.397. The molecule has 0 unspecified atom stereocenters. The van der Waals surface area contributed by atoms with E-state index in [2.05, 4.69) is 9.97 Å². The number of aryl methyl sites for hydroxylation is 1. The van der Waals surface area contributed by atoms with Crippen LogP contribution >= 0.6 is 11.6 Å².